The zero-order valence-corrected chi connectivity index (χ0v) is 14.1. The number of likely N-dealkylation sites (tertiary alicyclic amines) is 1. The second-order valence-electron chi connectivity index (χ2n) is 5.99. The summed E-state index contributed by atoms with van der Waals surface area (Å²) in [5.74, 6) is 0.976. The predicted molar refractivity (Wildman–Crippen MR) is 89.6 cm³/mol. The lowest BCUT2D eigenvalue weighted by molar-refractivity contribution is -0.135. The zero-order chi connectivity index (χ0) is 16.9. The third kappa shape index (κ3) is 4.01. The molecule has 2 aliphatic rings. The number of benzene rings is 1. The van der Waals surface area contributed by atoms with Gasteiger partial charge in [-0.2, -0.15) is 5.26 Å². The highest BCUT2D eigenvalue weighted by molar-refractivity contribution is 7.99. The van der Waals surface area contributed by atoms with Gasteiger partial charge in [0.05, 0.1) is 17.9 Å². The Hall–Kier alpha value is -2.20. The van der Waals surface area contributed by atoms with Crippen LogP contribution in [-0.2, 0) is 9.53 Å². The van der Waals surface area contributed by atoms with Gasteiger partial charge in [-0.15, -0.1) is 11.8 Å². The van der Waals surface area contributed by atoms with Gasteiger partial charge in [-0.25, -0.2) is 4.79 Å². The Morgan fingerprint density at radius 1 is 1.38 bits per heavy atom. The Balaban J connectivity index is 1.40. The molecule has 2 saturated heterocycles. The first-order valence-corrected chi connectivity index (χ1v) is 8.95. The molecule has 24 heavy (non-hydrogen) atoms. The molecule has 2 heterocycles. The number of carbonyl (C=O) groups is 2. The van der Waals surface area contributed by atoms with E-state index in [2.05, 4.69) is 23.5 Å². The van der Waals surface area contributed by atoms with Crippen LogP contribution in [0.25, 0.3) is 0 Å². The SMILES string of the molecule is N#CCSc1ccc(C2CN(C(=O)CCC3COC(=O)N3)C2)cc1. The summed E-state index contributed by atoms with van der Waals surface area (Å²) in [7, 11) is 0. The van der Waals surface area contributed by atoms with Crippen molar-refractivity contribution < 1.29 is 14.3 Å². The number of nitriles is 1. The zero-order valence-electron chi connectivity index (χ0n) is 13.2. The number of ether oxygens (including phenoxy) is 1. The van der Waals surface area contributed by atoms with Crippen molar-refractivity contribution in [3.05, 3.63) is 29.8 Å². The minimum Gasteiger partial charge on any atom is -0.447 e. The fourth-order valence-electron chi connectivity index (χ4n) is 2.88. The van der Waals surface area contributed by atoms with Crippen LogP contribution in [-0.4, -0.2) is 48.4 Å². The monoisotopic (exact) mass is 345 g/mol. The number of cyclic esters (lactones) is 1. The Morgan fingerprint density at radius 2 is 2.12 bits per heavy atom. The molecule has 0 aliphatic carbocycles. The number of thioether (sulfide) groups is 1. The molecular weight excluding hydrogens is 326 g/mol. The molecule has 1 atom stereocenters. The molecule has 2 fully saturated rings. The van der Waals surface area contributed by atoms with E-state index in [0.29, 0.717) is 31.1 Å². The molecule has 6 nitrogen and oxygen atoms in total. The van der Waals surface area contributed by atoms with Crippen molar-refractivity contribution in [1.29, 1.82) is 5.26 Å². The minimum absolute atomic E-state index is 0.0445. The van der Waals surface area contributed by atoms with Crippen molar-refractivity contribution in [2.24, 2.45) is 0 Å². The van der Waals surface area contributed by atoms with E-state index in [0.717, 1.165) is 18.0 Å². The Kier molecular flexibility index (Phi) is 5.26. The summed E-state index contributed by atoms with van der Waals surface area (Å²) >= 11 is 1.52. The van der Waals surface area contributed by atoms with Crippen LogP contribution in [0.3, 0.4) is 0 Å². The maximum atomic E-state index is 12.2. The lowest BCUT2D eigenvalue weighted by Gasteiger charge is -2.40. The number of carbonyl (C=O) groups excluding carboxylic acids is 2. The highest BCUT2D eigenvalue weighted by Crippen LogP contribution is 2.29. The first-order valence-electron chi connectivity index (χ1n) is 7.96. The highest BCUT2D eigenvalue weighted by atomic mass is 32.2. The van der Waals surface area contributed by atoms with Crippen LogP contribution in [0.5, 0.6) is 0 Å². The second kappa shape index (κ2) is 7.58. The number of rotatable bonds is 6. The molecular formula is C17H19N3O3S. The molecule has 0 radical (unpaired) electrons. The number of nitrogens with one attached hydrogen (secondary N) is 1. The van der Waals surface area contributed by atoms with Gasteiger partial charge < -0.3 is 15.0 Å². The van der Waals surface area contributed by atoms with Gasteiger partial charge in [0.25, 0.3) is 0 Å². The molecule has 0 spiro atoms. The first-order chi connectivity index (χ1) is 11.7. The van der Waals surface area contributed by atoms with E-state index >= 15 is 0 Å². The fourth-order valence-corrected chi connectivity index (χ4v) is 3.44. The van der Waals surface area contributed by atoms with E-state index in [-0.39, 0.29) is 11.9 Å². The normalized spacial score (nSPS) is 20.0. The van der Waals surface area contributed by atoms with Gasteiger partial charge in [0.1, 0.15) is 6.61 Å². The fraction of sp³-hybridized carbons (Fsp3) is 0.471. The van der Waals surface area contributed by atoms with Gasteiger partial charge in [0.15, 0.2) is 0 Å². The average Bonchev–Trinajstić information content (AvgIpc) is 2.96. The molecule has 1 aromatic rings. The molecule has 7 heteroatoms. The molecule has 2 amide bonds. The summed E-state index contributed by atoms with van der Waals surface area (Å²) in [6, 6.07) is 10.3. The molecule has 1 aromatic carbocycles. The van der Waals surface area contributed by atoms with Gasteiger partial charge in [0.2, 0.25) is 5.91 Å². The van der Waals surface area contributed by atoms with Crippen LogP contribution < -0.4 is 5.32 Å². The third-order valence-electron chi connectivity index (χ3n) is 4.33. The number of nitrogens with zero attached hydrogens (tertiary/aromatic N) is 2. The molecule has 0 aromatic heterocycles. The number of alkyl carbamates (subject to hydrolysis) is 1. The molecule has 0 saturated carbocycles. The van der Waals surface area contributed by atoms with Crippen LogP contribution in [0.4, 0.5) is 4.79 Å². The lowest BCUT2D eigenvalue weighted by Crippen LogP contribution is -2.48. The first kappa shape index (κ1) is 16.7. The second-order valence-corrected chi connectivity index (χ2v) is 7.04. The van der Waals surface area contributed by atoms with Crippen LogP contribution in [0.2, 0.25) is 0 Å². The van der Waals surface area contributed by atoms with Gasteiger partial charge >= 0.3 is 6.09 Å². The summed E-state index contributed by atoms with van der Waals surface area (Å²) in [5.41, 5.74) is 1.23. The topological polar surface area (TPSA) is 82.4 Å². The molecule has 126 valence electrons. The van der Waals surface area contributed by atoms with Crippen molar-refractivity contribution >= 4 is 23.8 Å². The van der Waals surface area contributed by atoms with Crippen LogP contribution in [0.15, 0.2) is 29.2 Å². The van der Waals surface area contributed by atoms with Crippen LogP contribution in [0.1, 0.15) is 24.3 Å². The molecule has 1 unspecified atom stereocenters. The van der Waals surface area contributed by atoms with Gasteiger partial charge in [0, 0.05) is 30.3 Å². The standard InChI is InChI=1S/C17H19N3O3S/c18-7-8-24-15-4-1-12(2-5-15)13-9-20(10-13)16(21)6-3-14-11-23-17(22)19-14/h1-2,4-5,13-14H,3,6,8-11H2,(H,19,22). The van der Waals surface area contributed by atoms with Crippen molar-refractivity contribution in [2.45, 2.75) is 29.7 Å². The smallest absolute Gasteiger partial charge is 0.407 e. The van der Waals surface area contributed by atoms with Crippen molar-refractivity contribution in [3.63, 3.8) is 0 Å². The average molecular weight is 345 g/mol. The van der Waals surface area contributed by atoms with E-state index < -0.39 is 6.09 Å². The number of hydrogen-bond donors (Lipinski definition) is 1. The third-order valence-corrected chi connectivity index (χ3v) is 5.21. The maximum absolute atomic E-state index is 12.2. The van der Waals surface area contributed by atoms with Crippen LogP contribution in [0, 0.1) is 11.3 Å². The minimum atomic E-state index is -0.396. The van der Waals surface area contributed by atoms with E-state index in [9.17, 15) is 9.59 Å². The number of hydrogen-bond acceptors (Lipinski definition) is 5. The lowest BCUT2D eigenvalue weighted by atomic mass is 9.91. The predicted octanol–water partition coefficient (Wildman–Crippen LogP) is 2.12. The Morgan fingerprint density at radius 3 is 2.75 bits per heavy atom. The summed E-state index contributed by atoms with van der Waals surface area (Å²) in [4.78, 5) is 26.0. The Labute approximate surface area is 145 Å². The Bertz CT molecular complexity index is 650. The molecule has 3 rings (SSSR count). The number of amides is 2. The summed E-state index contributed by atoms with van der Waals surface area (Å²) in [6.07, 6.45) is 0.661. The largest absolute Gasteiger partial charge is 0.447 e. The van der Waals surface area contributed by atoms with Crippen molar-refractivity contribution in [1.82, 2.24) is 10.2 Å². The van der Waals surface area contributed by atoms with Crippen LogP contribution >= 0.6 is 11.8 Å². The van der Waals surface area contributed by atoms with Gasteiger partial charge in [-0.3, -0.25) is 4.79 Å². The summed E-state index contributed by atoms with van der Waals surface area (Å²) < 4.78 is 4.81. The van der Waals surface area contributed by atoms with E-state index in [1.165, 1.54) is 17.3 Å². The highest BCUT2D eigenvalue weighted by Gasteiger charge is 2.32. The van der Waals surface area contributed by atoms with E-state index in [4.69, 9.17) is 10.00 Å². The molecule has 1 N–H and O–H groups in total. The maximum Gasteiger partial charge on any atom is 0.407 e. The summed E-state index contributed by atoms with van der Waals surface area (Å²) in [6.45, 7) is 1.85. The summed E-state index contributed by atoms with van der Waals surface area (Å²) in [5, 5.41) is 11.3. The van der Waals surface area contributed by atoms with E-state index in [1.54, 1.807) is 0 Å². The van der Waals surface area contributed by atoms with Crippen molar-refractivity contribution in [3.8, 4) is 6.07 Å². The molecule has 2 aliphatic heterocycles. The van der Waals surface area contributed by atoms with Gasteiger partial charge in [-0.1, -0.05) is 12.1 Å². The van der Waals surface area contributed by atoms with E-state index in [1.807, 2.05) is 17.0 Å². The van der Waals surface area contributed by atoms with Crippen molar-refractivity contribution in [2.75, 3.05) is 25.4 Å². The molecule has 0 bridgehead atoms. The van der Waals surface area contributed by atoms with Gasteiger partial charge in [-0.05, 0) is 24.1 Å². The quantitative estimate of drug-likeness (QED) is 0.799.